The van der Waals surface area contributed by atoms with Crippen LogP contribution in [0.3, 0.4) is 0 Å². The van der Waals surface area contributed by atoms with E-state index < -0.39 is 12.0 Å². The number of unbranched alkanes of at least 4 members (excludes halogenated alkanes) is 1. The van der Waals surface area contributed by atoms with E-state index in [1.54, 1.807) is 6.92 Å². The van der Waals surface area contributed by atoms with E-state index >= 15 is 0 Å². The molecule has 2 N–H and O–H groups in total. The Bertz CT molecular complexity index is 471. The number of carbonyl (C=O) groups excluding carboxylic acids is 1. The number of nitrogens with zero attached hydrogens (tertiary/aromatic N) is 1. The van der Waals surface area contributed by atoms with Crippen molar-refractivity contribution in [3.05, 3.63) is 15.6 Å². The average molecular weight is 298 g/mol. The smallest absolute Gasteiger partial charge is 0.326 e. The Morgan fingerprint density at radius 2 is 2.05 bits per heavy atom. The van der Waals surface area contributed by atoms with Crippen LogP contribution in [0.2, 0.25) is 0 Å². The number of thiazole rings is 1. The van der Waals surface area contributed by atoms with E-state index in [-0.39, 0.29) is 5.91 Å². The summed E-state index contributed by atoms with van der Waals surface area (Å²) < 4.78 is 0. The zero-order chi connectivity index (χ0) is 15.1. The highest BCUT2D eigenvalue weighted by molar-refractivity contribution is 7.13. The van der Waals surface area contributed by atoms with Gasteiger partial charge in [0.15, 0.2) is 0 Å². The fourth-order valence-corrected chi connectivity index (χ4v) is 2.94. The van der Waals surface area contributed by atoms with Crippen molar-refractivity contribution in [3.8, 4) is 0 Å². The van der Waals surface area contributed by atoms with Gasteiger partial charge in [0.2, 0.25) is 0 Å². The maximum Gasteiger partial charge on any atom is 0.326 e. The molecule has 0 aliphatic rings. The Kier molecular flexibility index (Phi) is 6.64. The lowest BCUT2D eigenvalue weighted by molar-refractivity contribution is -0.139. The first kappa shape index (κ1) is 16.6. The second kappa shape index (κ2) is 7.99. The maximum absolute atomic E-state index is 12.2. The first-order valence-electron chi connectivity index (χ1n) is 6.99. The molecule has 112 valence electrons. The topological polar surface area (TPSA) is 79.3 Å². The van der Waals surface area contributed by atoms with E-state index in [1.807, 2.05) is 6.92 Å². The minimum absolute atomic E-state index is 0.328. The summed E-state index contributed by atoms with van der Waals surface area (Å²) in [7, 11) is 0. The lowest BCUT2D eigenvalue weighted by atomic mass is 10.1. The van der Waals surface area contributed by atoms with E-state index in [9.17, 15) is 9.59 Å². The predicted molar refractivity (Wildman–Crippen MR) is 79.3 cm³/mol. The predicted octanol–water partition coefficient (Wildman–Crippen LogP) is 2.78. The van der Waals surface area contributed by atoms with Gasteiger partial charge in [-0.15, -0.1) is 11.3 Å². The van der Waals surface area contributed by atoms with Gasteiger partial charge in [-0.3, -0.25) is 4.79 Å². The summed E-state index contributed by atoms with van der Waals surface area (Å²) in [6.45, 7) is 5.83. The van der Waals surface area contributed by atoms with Crippen LogP contribution in [-0.2, 0) is 11.2 Å². The van der Waals surface area contributed by atoms with E-state index in [2.05, 4.69) is 17.2 Å². The van der Waals surface area contributed by atoms with Crippen LogP contribution in [0.25, 0.3) is 0 Å². The van der Waals surface area contributed by atoms with Crippen LogP contribution < -0.4 is 5.32 Å². The molecule has 1 rings (SSSR count). The van der Waals surface area contributed by atoms with Gasteiger partial charge >= 0.3 is 5.97 Å². The molecule has 1 atom stereocenters. The molecule has 0 aliphatic carbocycles. The van der Waals surface area contributed by atoms with Gasteiger partial charge in [0.25, 0.3) is 5.91 Å². The molecule has 1 amide bonds. The van der Waals surface area contributed by atoms with Crippen molar-refractivity contribution in [1.82, 2.24) is 10.3 Å². The van der Waals surface area contributed by atoms with Gasteiger partial charge in [-0.2, -0.15) is 0 Å². The second-order valence-corrected chi connectivity index (χ2v) is 5.86. The molecule has 1 aromatic heterocycles. The lowest BCUT2D eigenvalue weighted by Crippen LogP contribution is -2.40. The molecule has 0 spiro atoms. The number of aliphatic carboxylic acids is 1. The van der Waals surface area contributed by atoms with E-state index in [0.717, 1.165) is 30.7 Å². The molecule has 5 nitrogen and oxygen atoms in total. The summed E-state index contributed by atoms with van der Waals surface area (Å²) in [5, 5.41) is 12.6. The monoisotopic (exact) mass is 298 g/mol. The number of amides is 1. The van der Waals surface area contributed by atoms with Gasteiger partial charge in [-0.25, -0.2) is 9.78 Å². The molecular formula is C14H22N2O3S. The maximum atomic E-state index is 12.2. The van der Waals surface area contributed by atoms with Crippen molar-refractivity contribution in [1.29, 1.82) is 0 Å². The Balaban J connectivity index is 2.75. The van der Waals surface area contributed by atoms with Crippen molar-refractivity contribution in [2.24, 2.45) is 0 Å². The summed E-state index contributed by atoms with van der Waals surface area (Å²) in [5.74, 6) is -1.31. The molecule has 0 unspecified atom stereocenters. The number of hydrogen-bond acceptors (Lipinski definition) is 4. The van der Waals surface area contributed by atoms with Crippen LogP contribution in [0, 0.1) is 6.92 Å². The molecule has 0 aromatic carbocycles. The Morgan fingerprint density at radius 1 is 1.35 bits per heavy atom. The number of hydrogen-bond donors (Lipinski definition) is 2. The summed E-state index contributed by atoms with van der Waals surface area (Å²) in [6.07, 6.45) is 3.95. The second-order valence-electron chi connectivity index (χ2n) is 4.78. The fraction of sp³-hybridized carbons (Fsp3) is 0.643. The van der Waals surface area contributed by atoms with Crippen molar-refractivity contribution in [2.75, 3.05) is 0 Å². The third-order valence-electron chi connectivity index (χ3n) is 2.96. The quantitative estimate of drug-likeness (QED) is 0.773. The van der Waals surface area contributed by atoms with Gasteiger partial charge in [0.1, 0.15) is 10.9 Å². The highest BCUT2D eigenvalue weighted by Crippen LogP contribution is 2.19. The van der Waals surface area contributed by atoms with Crippen LogP contribution in [0.5, 0.6) is 0 Å². The molecule has 6 heteroatoms. The van der Waals surface area contributed by atoms with Gasteiger partial charge in [0, 0.05) is 0 Å². The van der Waals surface area contributed by atoms with Gasteiger partial charge in [-0.1, -0.05) is 26.7 Å². The largest absolute Gasteiger partial charge is 0.480 e. The van der Waals surface area contributed by atoms with Crippen LogP contribution in [-0.4, -0.2) is 28.0 Å². The number of rotatable bonds is 8. The molecule has 1 aromatic rings. The van der Waals surface area contributed by atoms with Gasteiger partial charge in [0.05, 0.1) is 10.7 Å². The highest BCUT2D eigenvalue weighted by Gasteiger charge is 2.22. The first-order valence-corrected chi connectivity index (χ1v) is 7.81. The molecule has 0 saturated heterocycles. The highest BCUT2D eigenvalue weighted by atomic mass is 32.1. The summed E-state index contributed by atoms with van der Waals surface area (Å²) in [6, 6.07) is -0.821. The van der Waals surface area contributed by atoms with Crippen LogP contribution in [0.4, 0.5) is 0 Å². The third kappa shape index (κ3) is 4.59. The first-order chi connectivity index (χ1) is 9.49. The normalized spacial score (nSPS) is 12.2. The molecule has 0 aliphatic heterocycles. The lowest BCUT2D eigenvalue weighted by Gasteiger charge is -2.13. The minimum atomic E-state index is -0.984. The van der Waals surface area contributed by atoms with Crippen molar-refractivity contribution in [3.63, 3.8) is 0 Å². The van der Waals surface area contributed by atoms with Gasteiger partial charge < -0.3 is 10.4 Å². The third-order valence-corrected chi connectivity index (χ3v) is 4.18. The average Bonchev–Trinajstić information content (AvgIpc) is 2.75. The number of nitrogens with one attached hydrogen (secondary N) is 1. The molecule has 1 heterocycles. The summed E-state index contributed by atoms with van der Waals surface area (Å²) in [5.41, 5.74) is 0.676. The SMILES string of the molecule is CCCC[C@H](NC(=O)c1sc(CCC)nc1C)C(=O)O. The molecule has 0 saturated carbocycles. The molecule has 0 fully saturated rings. The molecular weight excluding hydrogens is 276 g/mol. The summed E-state index contributed by atoms with van der Waals surface area (Å²) in [4.78, 5) is 28.2. The fourth-order valence-electron chi connectivity index (χ4n) is 1.87. The van der Waals surface area contributed by atoms with E-state index in [0.29, 0.717) is 17.0 Å². The van der Waals surface area contributed by atoms with E-state index in [4.69, 9.17) is 5.11 Å². The zero-order valence-corrected chi connectivity index (χ0v) is 13.0. The van der Waals surface area contributed by atoms with Crippen LogP contribution in [0.1, 0.15) is 59.9 Å². The van der Waals surface area contributed by atoms with Crippen molar-refractivity contribution < 1.29 is 14.7 Å². The van der Waals surface area contributed by atoms with E-state index in [1.165, 1.54) is 11.3 Å². The standard InChI is InChI=1S/C14H22N2O3S/c1-4-6-8-10(14(18)19)16-13(17)12-9(3)15-11(20-12)7-5-2/h10H,4-8H2,1-3H3,(H,16,17)(H,18,19)/t10-/m0/s1. The number of aryl methyl sites for hydroxylation is 2. The minimum Gasteiger partial charge on any atom is -0.480 e. The zero-order valence-electron chi connectivity index (χ0n) is 12.2. The van der Waals surface area contributed by atoms with Crippen LogP contribution >= 0.6 is 11.3 Å². The number of carboxylic acid groups (broad SMARTS) is 1. The molecule has 0 bridgehead atoms. The van der Waals surface area contributed by atoms with Crippen LogP contribution in [0.15, 0.2) is 0 Å². The van der Waals surface area contributed by atoms with Crippen molar-refractivity contribution in [2.45, 2.75) is 58.9 Å². The number of aromatic nitrogens is 1. The Hall–Kier alpha value is -1.43. The Morgan fingerprint density at radius 3 is 2.60 bits per heavy atom. The summed E-state index contributed by atoms with van der Waals surface area (Å²) >= 11 is 1.35. The van der Waals surface area contributed by atoms with Crippen molar-refractivity contribution >= 4 is 23.2 Å². The molecule has 20 heavy (non-hydrogen) atoms. The Labute approximate surface area is 123 Å². The number of carbonyl (C=O) groups is 2. The number of carboxylic acids is 1. The van der Waals surface area contributed by atoms with Gasteiger partial charge in [-0.05, 0) is 26.2 Å². The molecule has 0 radical (unpaired) electrons.